The third-order valence-electron chi connectivity index (χ3n) is 7.92. The Bertz CT molecular complexity index is 1030. The number of aliphatic hydroxyl groups is 1. The summed E-state index contributed by atoms with van der Waals surface area (Å²) in [6.07, 6.45) is 7.65. The van der Waals surface area contributed by atoms with Gasteiger partial charge in [0.15, 0.2) is 6.35 Å². The van der Waals surface area contributed by atoms with Gasteiger partial charge in [0.05, 0.1) is 18.1 Å². The standard InChI is InChI=1S/C26H35FN6O2/c1-31(2)26(20-7-6-8-21(27)15-20)11-9-25(10-12-26)19-32(22-17-29-23(16-28)30-18-22)24(34)33(25)13-4-5-14-35-3/h6-8,15,17-18,24,34H,4-5,9-14,19H2,1-3H3. The van der Waals surface area contributed by atoms with Crippen molar-refractivity contribution in [3.63, 3.8) is 0 Å². The lowest BCUT2D eigenvalue weighted by molar-refractivity contribution is -0.0542. The zero-order valence-electron chi connectivity index (χ0n) is 20.8. The molecule has 2 fully saturated rings. The maximum atomic E-state index is 14.1. The summed E-state index contributed by atoms with van der Waals surface area (Å²) in [6, 6.07) is 8.90. The molecule has 2 aromatic rings. The van der Waals surface area contributed by atoms with Crippen molar-refractivity contribution in [3.05, 3.63) is 53.9 Å². The van der Waals surface area contributed by atoms with Crippen LogP contribution in [0.3, 0.4) is 0 Å². The van der Waals surface area contributed by atoms with Gasteiger partial charge < -0.3 is 14.7 Å². The lowest BCUT2D eigenvalue weighted by atomic mass is 9.68. The molecule has 4 rings (SSSR count). The van der Waals surface area contributed by atoms with E-state index < -0.39 is 6.35 Å². The van der Waals surface area contributed by atoms with E-state index in [-0.39, 0.29) is 22.7 Å². The van der Waals surface area contributed by atoms with Gasteiger partial charge in [0.2, 0.25) is 5.82 Å². The molecule has 0 radical (unpaired) electrons. The van der Waals surface area contributed by atoms with E-state index in [2.05, 4.69) is 33.9 Å². The number of hydrogen-bond acceptors (Lipinski definition) is 8. The third kappa shape index (κ3) is 4.89. The number of benzene rings is 1. The molecule has 1 spiro atoms. The number of aromatic nitrogens is 2. The minimum Gasteiger partial charge on any atom is -0.385 e. The molecule has 1 aliphatic heterocycles. The zero-order valence-corrected chi connectivity index (χ0v) is 20.8. The fourth-order valence-electron chi connectivity index (χ4n) is 5.88. The van der Waals surface area contributed by atoms with Gasteiger partial charge in [-0.25, -0.2) is 14.4 Å². The zero-order chi connectivity index (χ0) is 25.1. The van der Waals surface area contributed by atoms with Gasteiger partial charge in [0.25, 0.3) is 0 Å². The average molecular weight is 483 g/mol. The summed E-state index contributed by atoms with van der Waals surface area (Å²) in [7, 11) is 5.83. The van der Waals surface area contributed by atoms with E-state index in [9.17, 15) is 9.50 Å². The van der Waals surface area contributed by atoms with Crippen molar-refractivity contribution >= 4 is 5.69 Å². The molecule has 1 saturated heterocycles. The number of nitrogens with zero attached hydrogens (tertiary/aromatic N) is 6. The van der Waals surface area contributed by atoms with Crippen LogP contribution in [-0.4, -0.2) is 77.7 Å². The van der Waals surface area contributed by atoms with E-state index in [1.54, 1.807) is 31.6 Å². The van der Waals surface area contributed by atoms with Gasteiger partial charge in [-0.3, -0.25) is 9.80 Å². The van der Waals surface area contributed by atoms with Crippen molar-refractivity contribution in [3.8, 4) is 6.07 Å². The number of unbranched alkanes of at least 4 members (excludes halogenated alkanes) is 1. The highest BCUT2D eigenvalue weighted by molar-refractivity contribution is 5.46. The van der Waals surface area contributed by atoms with E-state index in [0.717, 1.165) is 50.6 Å². The van der Waals surface area contributed by atoms with Crippen LogP contribution < -0.4 is 4.90 Å². The van der Waals surface area contributed by atoms with Gasteiger partial charge in [-0.2, -0.15) is 5.26 Å². The molecule has 9 heteroatoms. The normalized spacial score (nSPS) is 27.0. The summed E-state index contributed by atoms with van der Waals surface area (Å²) in [6.45, 7) is 2.07. The number of methoxy groups -OCH3 is 1. The largest absolute Gasteiger partial charge is 0.385 e. The van der Waals surface area contributed by atoms with Crippen LogP contribution in [0.1, 0.15) is 49.9 Å². The van der Waals surface area contributed by atoms with Crippen LogP contribution in [0.2, 0.25) is 0 Å². The number of ether oxygens (including phenoxy) is 1. The van der Waals surface area contributed by atoms with Crippen molar-refractivity contribution in [1.29, 1.82) is 5.26 Å². The lowest BCUT2D eigenvalue weighted by Crippen LogP contribution is -2.56. The molecule has 1 unspecified atom stereocenters. The van der Waals surface area contributed by atoms with Crippen molar-refractivity contribution < 1.29 is 14.2 Å². The predicted octanol–water partition coefficient (Wildman–Crippen LogP) is 3.08. The summed E-state index contributed by atoms with van der Waals surface area (Å²) in [5.74, 6) is -0.107. The number of anilines is 1. The number of nitriles is 1. The Kier molecular flexibility index (Phi) is 7.67. The van der Waals surface area contributed by atoms with Crippen LogP contribution in [0.5, 0.6) is 0 Å². The molecule has 1 aromatic heterocycles. The molecule has 2 heterocycles. The summed E-state index contributed by atoms with van der Waals surface area (Å²) in [5.41, 5.74) is 1.21. The minimum atomic E-state index is -0.810. The summed E-state index contributed by atoms with van der Waals surface area (Å²) in [4.78, 5) is 14.6. The van der Waals surface area contributed by atoms with E-state index in [1.807, 2.05) is 17.0 Å². The summed E-state index contributed by atoms with van der Waals surface area (Å²) >= 11 is 0. The second-order valence-corrected chi connectivity index (χ2v) is 9.90. The topological polar surface area (TPSA) is 88.8 Å². The van der Waals surface area contributed by atoms with Crippen molar-refractivity contribution in [2.45, 2.75) is 56.0 Å². The number of hydrogen-bond donors (Lipinski definition) is 1. The van der Waals surface area contributed by atoms with Crippen LogP contribution in [0.15, 0.2) is 36.7 Å². The molecular weight excluding hydrogens is 447 g/mol. The lowest BCUT2D eigenvalue weighted by Gasteiger charge is -2.51. The highest BCUT2D eigenvalue weighted by Crippen LogP contribution is 2.50. The Morgan fingerprint density at radius 2 is 1.91 bits per heavy atom. The number of halogens is 1. The molecule has 0 bridgehead atoms. The molecule has 1 atom stereocenters. The summed E-state index contributed by atoms with van der Waals surface area (Å²) < 4.78 is 19.4. The van der Waals surface area contributed by atoms with Crippen LogP contribution in [0.25, 0.3) is 0 Å². The SMILES string of the molecule is COCCCCN1C(O)N(c2cnc(C#N)nc2)CC12CCC(c1cccc(F)c1)(N(C)C)CC2. The molecule has 188 valence electrons. The average Bonchev–Trinajstić information content (AvgIpc) is 3.13. The maximum Gasteiger partial charge on any atom is 0.232 e. The first-order valence-corrected chi connectivity index (χ1v) is 12.2. The van der Waals surface area contributed by atoms with E-state index in [1.165, 1.54) is 6.07 Å². The fraction of sp³-hybridized carbons (Fsp3) is 0.577. The number of aliphatic hydroxyl groups excluding tert-OH is 1. The predicted molar refractivity (Wildman–Crippen MR) is 131 cm³/mol. The molecule has 1 aliphatic carbocycles. The Balaban J connectivity index is 1.61. The van der Waals surface area contributed by atoms with E-state index >= 15 is 0 Å². The van der Waals surface area contributed by atoms with Crippen LogP contribution in [-0.2, 0) is 10.3 Å². The minimum absolute atomic E-state index is 0.108. The van der Waals surface area contributed by atoms with Crippen molar-refractivity contribution in [2.75, 3.05) is 45.8 Å². The second kappa shape index (κ2) is 10.5. The first-order chi connectivity index (χ1) is 16.8. The molecule has 1 saturated carbocycles. The summed E-state index contributed by atoms with van der Waals surface area (Å²) in [5, 5.41) is 20.5. The maximum absolute atomic E-state index is 14.1. The molecule has 8 nitrogen and oxygen atoms in total. The second-order valence-electron chi connectivity index (χ2n) is 9.90. The number of rotatable bonds is 8. The van der Waals surface area contributed by atoms with Crippen LogP contribution >= 0.6 is 0 Å². The Hall–Kier alpha value is -2.64. The van der Waals surface area contributed by atoms with Crippen LogP contribution in [0.4, 0.5) is 10.1 Å². The highest BCUT2D eigenvalue weighted by Gasteiger charge is 2.54. The van der Waals surface area contributed by atoms with Gasteiger partial charge in [-0.05, 0) is 70.3 Å². The van der Waals surface area contributed by atoms with E-state index in [4.69, 9.17) is 10.00 Å². The van der Waals surface area contributed by atoms with Gasteiger partial charge in [-0.15, -0.1) is 0 Å². The molecule has 1 N–H and O–H groups in total. The Labute approximate surface area is 207 Å². The first kappa shape index (κ1) is 25.5. The van der Waals surface area contributed by atoms with Gasteiger partial charge in [0, 0.05) is 37.9 Å². The fourth-order valence-corrected chi connectivity index (χ4v) is 5.88. The quantitative estimate of drug-likeness (QED) is 0.575. The molecular formula is C26H35FN6O2. The molecule has 0 amide bonds. The Morgan fingerprint density at radius 3 is 2.51 bits per heavy atom. The molecule has 1 aromatic carbocycles. The van der Waals surface area contributed by atoms with Crippen LogP contribution in [0, 0.1) is 17.1 Å². The smallest absolute Gasteiger partial charge is 0.232 e. The Morgan fingerprint density at radius 1 is 1.20 bits per heavy atom. The molecule has 2 aliphatic rings. The van der Waals surface area contributed by atoms with Crippen molar-refractivity contribution in [1.82, 2.24) is 19.8 Å². The van der Waals surface area contributed by atoms with Gasteiger partial charge >= 0.3 is 0 Å². The van der Waals surface area contributed by atoms with Crippen molar-refractivity contribution in [2.24, 2.45) is 0 Å². The van der Waals surface area contributed by atoms with Gasteiger partial charge in [-0.1, -0.05) is 12.1 Å². The molecule has 35 heavy (non-hydrogen) atoms. The monoisotopic (exact) mass is 482 g/mol. The van der Waals surface area contributed by atoms with Gasteiger partial charge in [0.1, 0.15) is 11.9 Å². The third-order valence-corrected chi connectivity index (χ3v) is 7.92. The first-order valence-electron chi connectivity index (χ1n) is 12.2. The highest BCUT2D eigenvalue weighted by atomic mass is 19.1. The van der Waals surface area contributed by atoms with E-state index in [0.29, 0.717) is 18.8 Å².